The lowest BCUT2D eigenvalue weighted by Gasteiger charge is -2.68. The first-order valence-corrected chi connectivity index (χ1v) is 11.8. The highest BCUT2D eigenvalue weighted by atomic mass is 19.1. The van der Waals surface area contributed by atoms with Crippen molar-refractivity contribution in [2.24, 2.45) is 5.41 Å². The monoisotopic (exact) mass is 465 g/mol. The van der Waals surface area contributed by atoms with Crippen LogP contribution in [0.4, 0.5) is 13.2 Å². The fourth-order valence-electron chi connectivity index (χ4n) is 6.96. The first-order chi connectivity index (χ1) is 16.2. The lowest BCUT2D eigenvalue weighted by atomic mass is 9.42. The molecule has 34 heavy (non-hydrogen) atoms. The van der Waals surface area contributed by atoms with Crippen molar-refractivity contribution in [3.8, 4) is 0 Å². The van der Waals surface area contributed by atoms with Gasteiger partial charge in [-0.25, -0.2) is 18.0 Å². The number of aliphatic carboxylic acids is 1. The Bertz CT molecular complexity index is 1240. The molecule has 2 aromatic carbocycles. The standard InChI is InChI=1S/C28H26F3NO2/c1-16-8-20-19-5-3-2-4-18(19)11-21(20)26(32(16)15-27-12-28(31,13-27)14-27)25-22(29)9-17(10-23(25)30)6-7-24(33)34/h2-7,9-10,16,26H,8,11-15H2,1H3,(H,33,34)/b7-6+. The van der Waals surface area contributed by atoms with Gasteiger partial charge in [0.15, 0.2) is 0 Å². The molecule has 2 aromatic rings. The fraction of sp³-hybridized carbons (Fsp3) is 0.393. The Kier molecular flexibility index (Phi) is 4.66. The van der Waals surface area contributed by atoms with Crippen LogP contribution in [0.3, 0.4) is 0 Å². The summed E-state index contributed by atoms with van der Waals surface area (Å²) in [6, 6.07) is 10.0. The van der Waals surface area contributed by atoms with E-state index in [0.29, 0.717) is 32.2 Å². The number of hydrogen-bond donors (Lipinski definition) is 1. The third-order valence-electron chi connectivity index (χ3n) is 8.23. The third-order valence-corrected chi connectivity index (χ3v) is 8.23. The molecule has 3 nitrogen and oxygen atoms in total. The number of benzene rings is 2. The molecule has 1 N–H and O–H groups in total. The Labute approximate surface area is 196 Å². The maximum Gasteiger partial charge on any atom is 0.328 e. The molecule has 0 aromatic heterocycles. The maximum absolute atomic E-state index is 15.6. The quantitative estimate of drug-likeness (QED) is 0.543. The van der Waals surface area contributed by atoms with E-state index in [-0.39, 0.29) is 22.6 Å². The maximum atomic E-state index is 15.6. The van der Waals surface area contributed by atoms with E-state index in [1.807, 2.05) is 12.1 Å². The van der Waals surface area contributed by atoms with Crippen LogP contribution in [0.2, 0.25) is 0 Å². The predicted molar refractivity (Wildman–Crippen MR) is 124 cm³/mol. The van der Waals surface area contributed by atoms with Crippen LogP contribution in [0, 0.1) is 17.0 Å². The second kappa shape index (κ2) is 7.32. The van der Waals surface area contributed by atoms with Crippen LogP contribution in [0.1, 0.15) is 60.9 Å². The molecule has 2 bridgehead atoms. The van der Waals surface area contributed by atoms with Gasteiger partial charge in [0.2, 0.25) is 0 Å². The topological polar surface area (TPSA) is 40.5 Å². The first-order valence-electron chi connectivity index (χ1n) is 11.8. The van der Waals surface area contributed by atoms with Crippen molar-refractivity contribution < 1.29 is 23.1 Å². The van der Waals surface area contributed by atoms with Gasteiger partial charge in [0.1, 0.15) is 17.3 Å². The molecule has 3 fully saturated rings. The molecular formula is C28H26F3NO2. The van der Waals surface area contributed by atoms with Crippen LogP contribution in [-0.2, 0) is 11.2 Å². The average molecular weight is 466 g/mol. The molecular weight excluding hydrogens is 439 g/mol. The number of carboxylic acid groups (broad SMARTS) is 1. The van der Waals surface area contributed by atoms with Gasteiger partial charge in [-0.3, -0.25) is 4.90 Å². The Morgan fingerprint density at radius 1 is 1.18 bits per heavy atom. The highest BCUT2D eigenvalue weighted by Crippen LogP contribution is 2.70. The Morgan fingerprint density at radius 3 is 2.50 bits per heavy atom. The molecule has 5 aliphatic rings. The Hall–Kier alpha value is -2.86. The largest absolute Gasteiger partial charge is 0.478 e. The summed E-state index contributed by atoms with van der Waals surface area (Å²) in [5, 5.41) is 8.87. The summed E-state index contributed by atoms with van der Waals surface area (Å²) in [6.45, 7) is 2.71. The number of carbonyl (C=O) groups is 1. The molecule has 176 valence electrons. The second-order valence-corrected chi connectivity index (χ2v) is 10.7. The molecule has 1 aliphatic heterocycles. The van der Waals surface area contributed by atoms with Gasteiger partial charge in [0, 0.05) is 24.2 Å². The predicted octanol–water partition coefficient (Wildman–Crippen LogP) is 6.10. The van der Waals surface area contributed by atoms with Crippen molar-refractivity contribution in [1.29, 1.82) is 0 Å². The number of alkyl halides is 1. The molecule has 2 atom stereocenters. The van der Waals surface area contributed by atoms with Crippen molar-refractivity contribution in [2.45, 2.75) is 56.8 Å². The second-order valence-electron chi connectivity index (χ2n) is 10.7. The molecule has 0 radical (unpaired) electrons. The molecule has 0 amide bonds. The van der Waals surface area contributed by atoms with Gasteiger partial charge in [-0.2, -0.15) is 0 Å². The molecule has 6 heteroatoms. The summed E-state index contributed by atoms with van der Waals surface area (Å²) < 4.78 is 45.4. The van der Waals surface area contributed by atoms with Gasteiger partial charge < -0.3 is 5.11 Å². The molecule has 2 unspecified atom stereocenters. The van der Waals surface area contributed by atoms with Crippen LogP contribution >= 0.6 is 0 Å². The lowest BCUT2D eigenvalue weighted by Crippen LogP contribution is -2.68. The van der Waals surface area contributed by atoms with Crippen molar-refractivity contribution in [2.75, 3.05) is 6.54 Å². The van der Waals surface area contributed by atoms with Crippen LogP contribution in [0.5, 0.6) is 0 Å². The van der Waals surface area contributed by atoms with E-state index in [9.17, 15) is 9.18 Å². The SMILES string of the molecule is CC1CC2=C(Cc3ccccc32)C(c2c(F)cc(/C=C/C(=O)O)cc2F)N1CC12CC(F)(C1)C2. The van der Waals surface area contributed by atoms with Gasteiger partial charge in [0.25, 0.3) is 0 Å². The number of carboxylic acids is 1. The van der Waals surface area contributed by atoms with Crippen LogP contribution in [-0.4, -0.2) is 34.2 Å². The normalized spacial score (nSPS) is 31.8. The number of fused-ring (bicyclic) bond motifs is 2. The van der Waals surface area contributed by atoms with Gasteiger partial charge in [-0.1, -0.05) is 24.3 Å². The minimum absolute atomic E-state index is 0.000824. The fourth-order valence-corrected chi connectivity index (χ4v) is 6.96. The molecule has 1 heterocycles. The summed E-state index contributed by atoms with van der Waals surface area (Å²) in [6.07, 6.45) is 5.09. The highest BCUT2D eigenvalue weighted by Gasteiger charge is 2.69. The third kappa shape index (κ3) is 3.26. The van der Waals surface area contributed by atoms with Crippen LogP contribution in [0.15, 0.2) is 48.0 Å². The van der Waals surface area contributed by atoms with E-state index in [1.165, 1.54) is 23.8 Å². The number of hydrogen-bond acceptors (Lipinski definition) is 2. The molecule has 0 saturated heterocycles. The van der Waals surface area contributed by atoms with E-state index in [0.717, 1.165) is 29.2 Å². The van der Waals surface area contributed by atoms with Crippen molar-refractivity contribution >= 4 is 17.6 Å². The van der Waals surface area contributed by atoms with Gasteiger partial charge >= 0.3 is 5.97 Å². The minimum Gasteiger partial charge on any atom is -0.478 e. The van der Waals surface area contributed by atoms with Gasteiger partial charge in [-0.15, -0.1) is 0 Å². The first kappa shape index (κ1) is 21.7. The van der Waals surface area contributed by atoms with Gasteiger partial charge in [0.05, 0.1) is 6.04 Å². The van der Waals surface area contributed by atoms with E-state index >= 15 is 8.78 Å². The molecule has 3 saturated carbocycles. The lowest BCUT2D eigenvalue weighted by molar-refractivity contribution is -0.226. The number of nitrogens with zero attached hydrogens (tertiary/aromatic N) is 1. The molecule has 7 rings (SSSR count). The zero-order valence-electron chi connectivity index (χ0n) is 19.0. The minimum atomic E-state index is -1.18. The van der Waals surface area contributed by atoms with Crippen molar-refractivity contribution in [1.82, 2.24) is 4.90 Å². The van der Waals surface area contributed by atoms with E-state index in [2.05, 4.69) is 24.0 Å². The smallest absolute Gasteiger partial charge is 0.328 e. The number of halogens is 3. The zero-order chi connectivity index (χ0) is 23.8. The Balaban J connectivity index is 1.45. The molecule has 0 spiro atoms. The average Bonchev–Trinajstić information content (AvgIpc) is 3.09. The summed E-state index contributed by atoms with van der Waals surface area (Å²) in [5.41, 5.74) is 3.55. The van der Waals surface area contributed by atoms with Crippen molar-refractivity contribution in [3.63, 3.8) is 0 Å². The Morgan fingerprint density at radius 2 is 1.85 bits per heavy atom. The van der Waals surface area contributed by atoms with E-state index < -0.39 is 29.3 Å². The summed E-state index contributed by atoms with van der Waals surface area (Å²) in [5.74, 6) is -2.55. The summed E-state index contributed by atoms with van der Waals surface area (Å²) >= 11 is 0. The zero-order valence-corrected chi connectivity index (χ0v) is 19.0. The van der Waals surface area contributed by atoms with Crippen LogP contribution < -0.4 is 0 Å². The van der Waals surface area contributed by atoms with E-state index in [4.69, 9.17) is 5.11 Å². The van der Waals surface area contributed by atoms with E-state index in [1.54, 1.807) is 0 Å². The van der Waals surface area contributed by atoms with Crippen LogP contribution in [0.25, 0.3) is 11.6 Å². The highest BCUT2D eigenvalue weighted by molar-refractivity contribution is 5.85. The van der Waals surface area contributed by atoms with Crippen molar-refractivity contribution in [3.05, 3.63) is 81.9 Å². The van der Waals surface area contributed by atoms with Gasteiger partial charge in [-0.05, 0) is 90.5 Å². The summed E-state index contributed by atoms with van der Waals surface area (Å²) in [7, 11) is 0. The number of rotatable bonds is 5. The molecule has 4 aliphatic carbocycles. The summed E-state index contributed by atoms with van der Waals surface area (Å²) in [4.78, 5) is 13.0.